The van der Waals surface area contributed by atoms with Crippen molar-refractivity contribution < 1.29 is 28.7 Å². The number of rotatable bonds is 9. The maximum atomic E-state index is 14.1. The van der Waals surface area contributed by atoms with Crippen molar-refractivity contribution >= 4 is 40.8 Å². The van der Waals surface area contributed by atoms with Crippen LogP contribution in [0.25, 0.3) is 0 Å². The predicted molar refractivity (Wildman–Crippen MR) is 153 cm³/mol. The standard InChI is InChI=1S/C30H44N2O6S/c1-10-23(27(34)31(8)9)32(26(33)21-13-11-20(4)12-14-21)24-17-22(15-16-30(5,6)7)39-25(24)29(36)38-18-37-28(35)19(2)3/h17,19-21,23H,10-14,18H2,1-9H3/t20-,21-,23-/m0/s1. The van der Waals surface area contributed by atoms with Crippen molar-refractivity contribution in [3.63, 3.8) is 0 Å². The summed E-state index contributed by atoms with van der Waals surface area (Å²) in [7, 11) is 3.31. The fourth-order valence-corrected chi connectivity index (χ4v) is 5.20. The zero-order valence-electron chi connectivity index (χ0n) is 24.9. The molecule has 2 rings (SSSR count). The van der Waals surface area contributed by atoms with Gasteiger partial charge in [0.25, 0.3) is 0 Å². The minimum Gasteiger partial charge on any atom is -0.428 e. The van der Waals surface area contributed by atoms with Gasteiger partial charge in [-0.3, -0.25) is 19.3 Å². The molecule has 0 unspecified atom stereocenters. The summed E-state index contributed by atoms with van der Waals surface area (Å²) in [6, 6.07) is 0.907. The fraction of sp³-hybridized carbons (Fsp3) is 0.667. The Morgan fingerprint density at radius 2 is 1.69 bits per heavy atom. The Bertz CT molecular complexity index is 1100. The van der Waals surface area contributed by atoms with E-state index in [1.807, 2.05) is 27.7 Å². The molecule has 1 saturated carbocycles. The van der Waals surface area contributed by atoms with E-state index < -0.39 is 24.8 Å². The maximum Gasteiger partial charge on any atom is 0.353 e. The molecule has 2 amide bonds. The first-order chi connectivity index (χ1) is 18.2. The highest BCUT2D eigenvalue weighted by Gasteiger charge is 2.39. The van der Waals surface area contributed by atoms with Gasteiger partial charge in [0.2, 0.25) is 18.6 Å². The van der Waals surface area contributed by atoms with Crippen molar-refractivity contribution in [1.29, 1.82) is 0 Å². The molecule has 0 spiro atoms. The third-order valence-electron chi connectivity index (χ3n) is 6.61. The van der Waals surface area contributed by atoms with E-state index in [2.05, 4.69) is 18.8 Å². The number of carbonyl (C=O) groups is 4. The van der Waals surface area contributed by atoms with E-state index in [4.69, 9.17) is 9.47 Å². The van der Waals surface area contributed by atoms with Crippen LogP contribution >= 0.6 is 11.3 Å². The van der Waals surface area contributed by atoms with Crippen LogP contribution in [0.15, 0.2) is 6.07 Å². The highest BCUT2D eigenvalue weighted by atomic mass is 32.1. The second-order valence-corrected chi connectivity index (χ2v) is 12.9. The Balaban J connectivity index is 2.60. The molecule has 1 fully saturated rings. The molecule has 0 radical (unpaired) electrons. The molecule has 216 valence electrons. The molecule has 0 N–H and O–H groups in total. The Morgan fingerprint density at radius 1 is 1.08 bits per heavy atom. The quantitative estimate of drug-likeness (QED) is 0.225. The second-order valence-electron chi connectivity index (χ2n) is 11.8. The van der Waals surface area contributed by atoms with Crippen LogP contribution in [0.1, 0.15) is 95.1 Å². The molecule has 39 heavy (non-hydrogen) atoms. The molecule has 1 aliphatic carbocycles. The van der Waals surface area contributed by atoms with Crippen LogP contribution in [-0.4, -0.2) is 55.6 Å². The molecule has 9 heteroatoms. The van der Waals surface area contributed by atoms with E-state index >= 15 is 0 Å². The Hall–Kier alpha value is -2.86. The lowest BCUT2D eigenvalue weighted by Gasteiger charge is -2.36. The van der Waals surface area contributed by atoms with Crippen molar-refractivity contribution in [2.75, 3.05) is 25.8 Å². The van der Waals surface area contributed by atoms with Gasteiger partial charge in [0.05, 0.1) is 16.5 Å². The highest BCUT2D eigenvalue weighted by Crippen LogP contribution is 2.37. The number of nitrogens with zero attached hydrogens (tertiary/aromatic N) is 2. The van der Waals surface area contributed by atoms with Gasteiger partial charge in [-0.2, -0.15) is 0 Å². The number of hydrogen-bond donors (Lipinski definition) is 0. The van der Waals surface area contributed by atoms with Gasteiger partial charge in [-0.25, -0.2) is 4.79 Å². The summed E-state index contributed by atoms with van der Waals surface area (Å²) < 4.78 is 10.3. The molecular formula is C30H44N2O6S. The molecule has 1 aliphatic rings. The number of anilines is 1. The topological polar surface area (TPSA) is 93.2 Å². The van der Waals surface area contributed by atoms with Gasteiger partial charge in [0.15, 0.2) is 0 Å². The van der Waals surface area contributed by atoms with Gasteiger partial charge >= 0.3 is 11.9 Å². The minimum atomic E-state index is -0.796. The molecule has 0 aromatic carbocycles. The van der Waals surface area contributed by atoms with Crippen LogP contribution in [0, 0.1) is 35.0 Å². The lowest BCUT2D eigenvalue weighted by molar-refractivity contribution is -0.155. The monoisotopic (exact) mass is 560 g/mol. The summed E-state index contributed by atoms with van der Waals surface area (Å²) in [5, 5.41) is 0. The molecule has 0 aliphatic heterocycles. The number of likely N-dealkylation sites (N-methyl/N-ethyl adjacent to an activating group) is 1. The number of hydrogen-bond acceptors (Lipinski definition) is 7. The fourth-order valence-electron chi connectivity index (χ4n) is 4.30. The second kappa shape index (κ2) is 14.0. The molecule has 1 aromatic rings. The molecular weight excluding hydrogens is 516 g/mol. The van der Waals surface area contributed by atoms with Crippen LogP contribution < -0.4 is 4.90 Å². The van der Waals surface area contributed by atoms with Gasteiger partial charge in [-0.05, 0) is 64.9 Å². The molecule has 1 aromatic heterocycles. The summed E-state index contributed by atoms with van der Waals surface area (Å²) in [6.45, 7) is 12.8. The van der Waals surface area contributed by atoms with Crippen LogP contribution in [0.5, 0.6) is 0 Å². The van der Waals surface area contributed by atoms with Gasteiger partial charge in [0.1, 0.15) is 10.9 Å². The van der Waals surface area contributed by atoms with E-state index in [0.29, 0.717) is 22.9 Å². The average Bonchev–Trinajstić information content (AvgIpc) is 3.28. The Labute approximate surface area is 237 Å². The van der Waals surface area contributed by atoms with Crippen molar-refractivity contribution in [2.24, 2.45) is 23.2 Å². The average molecular weight is 561 g/mol. The number of thiophene rings is 1. The van der Waals surface area contributed by atoms with E-state index in [1.165, 1.54) is 9.80 Å². The van der Waals surface area contributed by atoms with Crippen LogP contribution in [0.4, 0.5) is 5.69 Å². The largest absolute Gasteiger partial charge is 0.428 e. The zero-order chi connectivity index (χ0) is 29.5. The smallest absolute Gasteiger partial charge is 0.353 e. The third kappa shape index (κ3) is 9.10. The van der Waals surface area contributed by atoms with Crippen molar-refractivity contribution in [1.82, 2.24) is 4.90 Å². The van der Waals surface area contributed by atoms with Crippen molar-refractivity contribution in [2.45, 2.75) is 86.6 Å². The maximum absolute atomic E-state index is 14.1. The molecule has 1 heterocycles. The van der Waals surface area contributed by atoms with Gasteiger partial charge in [0, 0.05) is 25.4 Å². The zero-order valence-corrected chi connectivity index (χ0v) is 25.7. The normalized spacial score (nSPS) is 18.0. The summed E-state index contributed by atoms with van der Waals surface area (Å²) >= 11 is 1.11. The van der Waals surface area contributed by atoms with Crippen LogP contribution in [-0.2, 0) is 23.9 Å². The number of esters is 2. The lowest BCUT2D eigenvalue weighted by atomic mass is 9.82. The lowest BCUT2D eigenvalue weighted by Crippen LogP contribution is -2.51. The molecule has 8 nitrogen and oxygen atoms in total. The van der Waals surface area contributed by atoms with Crippen LogP contribution in [0.3, 0.4) is 0 Å². The predicted octanol–water partition coefficient (Wildman–Crippen LogP) is 5.49. The first kappa shape index (κ1) is 32.4. The Kier molecular flexibility index (Phi) is 11.6. The van der Waals surface area contributed by atoms with Gasteiger partial charge in [-0.1, -0.05) is 39.5 Å². The molecule has 1 atom stereocenters. The van der Waals surface area contributed by atoms with Gasteiger partial charge in [-0.15, -0.1) is 11.3 Å². The Morgan fingerprint density at radius 3 is 2.21 bits per heavy atom. The summed E-state index contributed by atoms with van der Waals surface area (Å²) in [5.41, 5.74) is 0.0286. The van der Waals surface area contributed by atoms with E-state index in [1.54, 1.807) is 34.0 Å². The first-order valence-electron chi connectivity index (χ1n) is 13.7. The minimum absolute atomic E-state index is 0.149. The van der Waals surface area contributed by atoms with E-state index in [9.17, 15) is 19.2 Å². The molecule has 0 bridgehead atoms. The summed E-state index contributed by atoms with van der Waals surface area (Å²) in [6.07, 6.45) is 3.70. The number of carbonyl (C=O) groups excluding carboxylic acids is 4. The number of amides is 2. The van der Waals surface area contributed by atoms with Crippen molar-refractivity contribution in [3.05, 3.63) is 15.8 Å². The van der Waals surface area contributed by atoms with E-state index in [-0.39, 0.29) is 33.9 Å². The highest BCUT2D eigenvalue weighted by molar-refractivity contribution is 7.15. The molecule has 0 saturated heterocycles. The summed E-state index contributed by atoms with van der Waals surface area (Å²) in [4.78, 5) is 56.3. The first-order valence-corrected chi connectivity index (χ1v) is 14.5. The third-order valence-corrected chi connectivity index (χ3v) is 7.63. The van der Waals surface area contributed by atoms with E-state index in [0.717, 1.165) is 37.0 Å². The SMILES string of the molecule is CC[C@@H](C(=O)N(C)C)N(c1cc(C#CC(C)(C)C)sc1C(=O)OCOC(=O)C(C)C)C(=O)[C@H]1CC[C@H](C)CC1. The van der Waals surface area contributed by atoms with Crippen molar-refractivity contribution in [3.8, 4) is 11.8 Å². The van der Waals surface area contributed by atoms with Gasteiger partial charge < -0.3 is 14.4 Å². The number of ether oxygens (including phenoxy) is 2. The van der Waals surface area contributed by atoms with Crippen LogP contribution in [0.2, 0.25) is 0 Å². The summed E-state index contributed by atoms with van der Waals surface area (Å²) in [5.74, 6) is 4.60.